The Labute approximate surface area is 108 Å². The summed E-state index contributed by atoms with van der Waals surface area (Å²) in [6, 6.07) is 9.63. The summed E-state index contributed by atoms with van der Waals surface area (Å²) in [5, 5.41) is 2.99. The van der Waals surface area contributed by atoms with Gasteiger partial charge in [0.05, 0.1) is 0 Å². The Balaban J connectivity index is 1.96. The first-order chi connectivity index (χ1) is 8.40. The van der Waals surface area contributed by atoms with Crippen LogP contribution in [-0.2, 0) is 6.42 Å². The van der Waals surface area contributed by atoms with E-state index in [0.29, 0.717) is 6.04 Å². The van der Waals surface area contributed by atoms with Crippen LogP contribution in [-0.4, -0.2) is 23.2 Å². The SMILES string of the molecule is CCN1CCc2ccccc2C1C1CC=CS1. The smallest absolute Gasteiger partial charge is 0.0475 e. The molecule has 1 nitrogen and oxygen atoms in total. The molecule has 0 aromatic heterocycles. The summed E-state index contributed by atoms with van der Waals surface area (Å²) < 4.78 is 0. The normalized spacial score (nSPS) is 28.3. The van der Waals surface area contributed by atoms with Gasteiger partial charge in [-0.15, -0.1) is 11.8 Å². The van der Waals surface area contributed by atoms with Crippen LogP contribution in [0.3, 0.4) is 0 Å². The van der Waals surface area contributed by atoms with Crippen LogP contribution < -0.4 is 0 Å². The van der Waals surface area contributed by atoms with Gasteiger partial charge in [0.15, 0.2) is 0 Å². The third-order valence-electron chi connectivity index (χ3n) is 3.91. The molecule has 90 valence electrons. The van der Waals surface area contributed by atoms with Crippen molar-refractivity contribution in [1.82, 2.24) is 4.90 Å². The number of likely N-dealkylation sites (N-methyl/N-ethyl adjacent to an activating group) is 1. The van der Waals surface area contributed by atoms with Gasteiger partial charge in [-0.1, -0.05) is 37.3 Å². The summed E-state index contributed by atoms with van der Waals surface area (Å²) in [7, 11) is 0. The molecule has 0 radical (unpaired) electrons. The predicted octanol–water partition coefficient (Wildman–Crippen LogP) is 3.62. The first-order valence-electron chi connectivity index (χ1n) is 6.52. The van der Waals surface area contributed by atoms with E-state index in [9.17, 15) is 0 Å². The molecule has 2 aliphatic heterocycles. The van der Waals surface area contributed by atoms with E-state index >= 15 is 0 Å². The third kappa shape index (κ3) is 2.04. The fraction of sp³-hybridized carbons (Fsp3) is 0.467. The number of nitrogens with zero attached hydrogens (tertiary/aromatic N) is 1. The lowest BCUT2D eigenvalue weighted by Crippen LogP contribution is -2.39. The highest BCUT2D eigenvalue weighted by molar-refractivity contribution is 8.03. The van der Waals surface area contributed by atoms with Gasteiger partial charge in [-0.25, -0.2) is 0 Å². The van der Waals surface area contributed by atoms with Crippen molar-refractivity contribution in [3.8, 4) is 0 Å². The molecule has 3 rings (SSSR count). The van der Waals surface area contributed by atoms with E-state index in [0.717, 1.165) is 11.8 Å². The predicted molar refractivity (Wildman–Crippen MR) is 75.3 cm³/mol. The Morgan fingerprint density at radius 1 is 1.35 bits per heavy atom. The van der Waals surface area contributed by atoms with E-state index in [1.165, 1.54) is 19.4 Å². The van der Waals surface area contributed by atoms with Crippen molar-refractivity contribution in [2.24, 2.45) is 0 Å². The highest BCUT2D eigenvalue weighted by Crippen LogP contribution is 2.41. The second-order valence-electron chi connectivity index (χ2n) is 4.80. The first kappa shape index (κ1) is 11.4. The Morgan fingerprint density at radius 2 is 2.24 bits per heavy atom. The summed E-state index contributed by atoms with van der Waals surface area (Å²) in [5.74, 6) is 0. The van der Waals surface area contributed by atoms with Crippen molar-refractivity contribution >= 4 is 11.8 Å². The summed E-state index contributed by atoms with van der Waals surface area (Å²) >= 11 is 2.01. The summed E-state index contributed by atoms with van der Waals surface area (Å²) in [6.07, 6.45) is 4.76. The van der Waals surface area contributed by atoms with Crippen molar-refractivity contribution in [2.75, 3.05) is 13.1 Å². The first-order valence-corrected chi connectivity index (χ1v) is 7.46. The standard InChI is InChI=1S/C15H19NS/c1-2-16-10-9-12-6-3-4-7-13(12)15(16)14-8-5-11-17-14/h3-7,11,14-15H,2,8-10H2,1H3. The fourth-order valence-corrected chi connectivity index (χ4v) is 4.16. The fourth-order valence-electron chi connectivity index (χ4n) is 3.05. The summed E-state index contributed by atoms with van der Waals surface area (Å²) in [4.78, 5) is 2.65. The number of fused-ring (bicyclic) bond motifs is 1. The number of hydrogen-bond donors (Lipinski definition) is 0. The van der Waals surface area contributed by atoms with Gasteiger partial charge in [0.2, 0.25) is 0 Å². The van der Waals surface area contributed by atoms with Crippen LogP contribution in [0.2, 0.25) is 0 Å². The average Bonchev–Trinajstić information content (AvgIpc) is 2.91. The lowest BCUT2D eigenvalue weighted by Gasteiger charge is -2.39. The molecule has 0 spiro atoms. The average molecular weight is 245 g/mol. The molecule has 2 atom stereocenters. The molecule has 1 aromatic rings. The monoisotopic (exact) mass is 245 g/mol. The van der Waals surface area contributed by atoms with Crippen LogP contribution in [0.4, 0.5) is 0 Å². The second-order valence-corrected chi connectivity index (χ2v) is 5.95. The Kier molecular flexibility index (Phi) is 3.26. The molecule has 0 aliphatic carbocycles. The van der Waals surface area contributed by atoms with Crippen molar-refractivity contribution in [3.63, 3.8) is 0 Å². The highest BCUT2D eigenvalue weighted by atomic mass is 32.2. The molecule has 0 saturated carbocycles. The maximum Gasteiger partial charge on any atom is 0.0475 e. The van der Waals surface area contributed by atoms with Crippen LogP contribution in [0.5, 0.6) is 0 Å². The molecular weight excluding hydrogens is 226 g/mol. The van der Waals surface area contributed by atoms with Gasteiger partial charge in [-0.3, -0.25) is 4.90 Å². The second kappa shape index (κ2) is 4.87. The minimum absolute atomic E-state index is 0.616. The molecule has 0 saturated heterocycles. The molecule has 2 aliphatic rings. The van der Waals surface area contributed by atoms with Gasteiger partial charge >= 0.3 is 0 Å². The number of thioether (sulfide) groups is 1. The molecule has 0 amide bonds. The van der Waals surface area contributed by atoms with Crippen LogP contribution in [0.25, 0.3) is 0 Å². The van der Waals surface area contributed by atoms with E-state index in [1.54, 1.807) is 11.1 Å². The molecular formula is C15H19NS. The zero-order valence-corrected chi connectivity index (χ0v) is 11.1. The Hall–Kier alpha value is -0.730. The minimum Gasteiger partial charge on any atom is -0.295 e. The zero-order chi connectivity index (χ0) is 11.7. The highest BCUT2D eigenvalue weighted by Gasteiger charge is 2.33. The van der Waals surface area contributed by atoms with E-state index in [1.807, 2.05) is 11.8 Å². The van der Waals surface area contributed by atoms with Gasteiger partial charge in [0.1, 0.15) is 0 Å². The van der Waals surface area contributed by atoms with E-state index in [-0.39, 0.29) is 0 Å². The summed E-state index contributed by atoms with van der Waals surface area (Å²) in [5.41, 5.74) is 3.14. The van der Waals surface area contributed by atoms with Gasteiger partial charge in [0.25, 0.3) is 0 Å². The third-order valence-corrected chi connectivity index (χ3v) is 5.06. The molecule has 0 bridgehead atoms. The van der Waals surface area contributed by atoms with Gasteiger partial charge < -0.3 is 0 Å². The summed E-state index contributed by atoms with van der Waals surface area (Å²) in [6.45, 7) is 4.67. The molecule has 2 unspecified atom stereocenters. The van der Waals surface area contributed by atoms with Crippen molar-refractivity contribution < 1.29 is 0 Å². The molecule has 17 heavy (non-hydrogen) atoms. The molecule has 1 aromatic carbocycles. The van der Waals surface area contributed by atoms with Crippen LogP contribution >= 0.6 is 11.8 Å². The Morgan fingerprint density at radius 3 is 3.00 bits per heavy atom. The van der Waals surface area contributed by atoms with Crippen LogP contribution in [0, 0.1) is 0 Å². The molecule has 2 heterocycles. The molecule has 0 N–H and O–H groups in total. The van der Waals surface area contributed by atoms with E-state index in [2.05, 4.69) is 47.6 Å². The van der Waals surface area contributed by atoms with Crippen molar-refractivity contribution in [2.45, 2.75) is 31.1 Å². The topological polar surface area (TPSA) is 3.24 Å². The van der Waals surface area contributed by atoms with Gasteiger partial charge in [-0.05, 0) is 35.9 Å². The maximum absolute atomic E-state index is 2.65. The number of hydrogen-bond acceptors (Lipinski definition) is 2. The lowest BCUT2D eigenvalue weighted by atomic mass is 9.89. The van der Waals surface area contributed by atoms with Gasteiger partial charge in [-0.2, -0.15) is 0 Å². The zero-order valence-electron chi connectivity index (χ0n) is 10.3. The number of benzene rings is 1. The lowest BCUT2D eigenvalue weighted by molar-refractivity contribution is 0.192. The van der Waals surface area contributed by atoms with E-state index < -0.39 is 0 Å². The Bertz CT molecular complexity index is 419. The quantitative estimate of drug-likeness (QED) is 0.783. The largest absolute Gasteiger partial charge is 0.295 e. The number of rotatable bonds is 2. The maximum atomic E-state index is 2.65. The molecule has 2 heteroatoms. The van der Waals surface area contributed by atoms with E-state index in [4.69, 9.17) is 0 Å². The number of allylic oxidation sites excluding steroid dienone is 1. The van der Waals surface area contributed by atoms with Gasteiger partial charge in [0, 0.05) is 17.8 Å². The van der Waals surface area contributed by atoms with Crippen molar-refractivity contribution in [1.29, 1.82) is 0 Å². The van der Waals surface area contributed by atoms with Crippen LogP contribution in [0.15, 0.2) is 35.7 Å². The van der Waals surface area contributed by atoms with Crippen LogP contribution in [0.1, 0.15) is 30.5 Å². The minimum atomic E-state index is 0.616. The van der Waals surface area contributed by atoms with Crippen molar-refractivity contribution in [3.05, 3.63) is 46.9 Å². The molecule has 0 fully saturated rings.